The van der Waals surface area contributed by atoms with Crippen molar-refractivity contribution in [2.75, 3.05) is 26.4 Å². The van der Waals surface area contributed by atoms with Gasteiger partial charge in [-0.25, -0.2) is 0 Å². The molecule has 0 unspecified atom stereocenters. The lowest BCUT2D eigenvalue weighted by Crippen LogP contribution is -2.30. The summed E-state index contributed by atoms with van der Waals surface area (Å²) in [5.41, 5.74) is -0.875. The van der Waals surface area contributed by atoms with Crippen molar-refractivity contribution >= 4 is 0 Å². The fourth-order valence-electron chi connectivity index (χ4n) is 2.58. The molecule has 0 aliphatic rings. The molecule has 0 aromatic rings. The molecule has 5 heteroatoms. The summed E-state index contributed by atoms with van der Waals surface area (Å²) in [6.07, 6.45) is 8.44. The zero-order chi connectivity index (χ0) is 16.7. The molecule has 0 fully saturated rings. The topological polar surface area (TPSA) is 79.1 Å². The SMILES string of the molecule is CC(C)CCCCCCCOCCC(CCO)(CCO)N=O. The lowest BCUT2D eigenvalue weighted by atomic mass is 9.89. The summed E-state index contributed by atoms with van der Waals surface area (Å²) in [4.78, 5) is 11.0. The third-order valence-electron chi connectivity index (χ3n) is 4.13. The second-order valence-corrected chi connectivity index (χ2v) is 6.58. The minimum atomic E-state index is -0.875. The summed E-state index contributed by atoms with van der Waals surface area (Å²) in [7, 11) is 0. The maximum Gasteiger partial charge on any atom is 0.109 e. The van der Waals surface area contributed by atoms with E-state index in [2.05, 4.69) is 19.0 Å². The summed E-state index contributed by atoms with van der Waals surface area (Å²) in [6.45, 7) is 5.49. The highest BCUT2D eigenvalue weighted by molar-refractivity contribution is 4.87. The van der Waals surface area contributed by atoms with Crippen molar-refractivity contribution in [2.24, 2.45) is 11.1 Å². The molecule has 0 atom stereocenters. The number of nitroso groups, excluding NO2 is 1. The summed E-state index contributed by atoms with van der Waals surface area (Å²) < 4.78 is 5.57. The van der Waals surface area contributed by atoms with E-state index in [9.17, 15) is 4.91 Å². The Kier molecular flexibility index (Phi) is 13.8. The van der Waals surface area contributed by atoms with Gasteiger partial charge in [-0.2, -0.15) is 4.91 Å². The van der Waals surface area contributed by atoms with Crippen LogP contribution in [0.25, 0.3) is 0 Å². The molecule has 0 aliphatic heterocycles. The monoisotopic (exact) mass is 317 g/mol. The van der Waals surface area contributed by atoms with E-state index >= 15 is 0 Å². The first-order chi connectivity index (χ1) is 10.6. The van der Waals surface area contributed by atoms with Gasteiger partial charge in [-0.3, -0.25) is 0 Å². The van der Waals surface area contributed by atoms with E-state index in [1.807, 2.05) is 0 Å². The molecular formula is C17H35NO4. The molecule has 0 bridgehead atoms. The van der Waals surface area contributed by atoms with Crippen LogP contribution in [0, 0.1) is 10.8 Å². The zero-order valence-corrected chi connectivity index (χ0v) is 14.4. The third-order valence-corrected chi connectivity index (χ3v) is 4.13. The Bertz CT molecular complexity index is 253. The molecule has 0 amide bonds. The average Bonchev–Trinajstić information content (AvgIpc) is 2.49. The van der Waals surface area contributed by atoms with Crippen molar-refractivity contribution < 1.29 is 14.9 Å². The molecular weight excluding hydrogens is 282 g/mol. The second-order valence-electron chi connectivity index (χ2n) is 6.58. The van der Waals surface area contributed by atoms with Gasteiger partial charge in [0.25, 0.3) is 0 Å². The number of hydrogen-bond acceptors (Lipinski definition) is 5. The van der Waals surface area contributed by atoms with E-state index in [1.54, 1.807) is 0 Å². The fourth-order valence-corrected chi connectivity index (χ4v) is 2.58. The summed E-state index contributed by atoms with van der Waals surface area (Å²) in [5, 5.41) is 21.2. The van der Waals surface area contributed by atoms with E-state index < -0.39 is 5.54 Å². The lowest BCUT2D eigenvalue weighted by molar-refractivity contribution is 0.0955. The molecule has 0 saturated carbocycles. The number of hydrogen-bond donors (Lipinski definition) is 2. The van der Waals surface area contributed by atoms with Crippen LogP contribution in [0.5, 0.6) is 0 Å². The summed E-state index contributed by atoms with van der Waals surface area (Å²) in [6, 6.07) is 0. The first-order valence-electron chi connectivity index (χ1n) is 8.74. The minimum Gasteiger partial charge on any atom is -0.396 e. The van der Waals surface area contributed by atoms with Gasteiger partial charge in [0.15, 0.2) is 0 Å². The lowest BCUT2D eigenvalue weighted by Gasteiger charge is -2.24. The molecule has 22 heavy (non-hydrogen) atoms. The molecule has 0 aromatic heterocycles. The Morgan fingerprint density at radius 2 is 1.50 bits per heavy atom. The van der Waals surface area contributed by atoms with Gasteiger partial charge < -0.3 is 14.9 Å². The number of unbranched alkanes of at least 4 members (excludes halogenated alkanes) is 4. The Labute approximate surface area is 135 Å². The van der Waals surface area contributed by atoms with Crippen molar-refractivity contribution in [1.29, 1.82) is 0 Å². The first kappa shape index (κ1) is 21.5. The van der Waals surface area contributed by atoms with Crippen molar-refractivity contribution in [3.8, 4) is 0 Å². The Balaban J connectivity index is 3.59. The van der Waals surface area contributed by atoms with Gasteiger partial charge in [-0.1, -0.05) is 51.1 Å². The van der Waals surface area contributed by atoms with E-state index in [0.29, 0.717) is 19.6 Å². The van der Waals surface area contributed by atoms with Crippen LogP contribution in [0.1, 0.15) is 71.6 Å². The van der Waals surface area contributed by atoms with E-state index in [4.69, 9.17) is 14.9 Å². The van der Waals surface area contributed by atoms with Crippen LogP contribution in [-0.2, 0) is 4.74 Å². The van der Waals surface area contributed by atoms with Crippen LogP contribution >= 0.6 is 0 Å². The number of aliphatic hydroxyl groups is 2. The van der Waals surface area contributed by atoms with E-state index in [1.165, 1.54) is 32.1 Å². The Morgan fingerprint density at radius 1 is 0.909 bits per heavy atom. The van der Waals surface area contributed by atoms with Gasteiger partial charge in [0, 0.05) is 26.4 Å². The highest BCUT2D eigenvalue weighted by Gasteiger charge is 2.30. The molecule has 0 saturated heterocycles. The average molecular weight is 317 g/mol. The maximum absolute atomic E-state index is 11.0. The summed E-state index contributed by atoms with van der Waals surface area (Å²) in [5.74, 6) is 0.799. The van der Waals surface area contributed by atoms with Crippen LogP contribution in [0.3, 0.4) is 0 Å². The van der Waals surface area contributed by atoms with Gasteiger partial charge >= 0.3 is 0 Å². The Hall–Kier alpha value is -0.520. The van der Waals surface area contributed by atoms with Gasteiger partial charge in [0.05, 0.1) is 0 Å². The van der Waals surface area contributed by atoms with Gasteiger partial charge in [0.1, 0.15) is 5.54 Å². The molecule has 0 spiro atoms. The fraction of sp³-hybridized carbons (Fsp3) is 1.00. The van der Waals surface area contributed by atoms with Crippen molar-refractivity contribution in [3.05, 3.63) is 4.91 Å². The largest absolute Gasteiger partial charge is 0.396 e. The van der Waals surface area contributed by atoms with Crippen LogP contribution in [0.2, 0.25) is 0 Å². The smallest absolute Gasteiger partial charge is 0.109 e. The molecule has 0 rings (SSSR count). The van der Waals surface area contributed by atoms with Gasteiger partial charge in [-0.15, -0.1) is 0 Å². The van der Waals surface area contributed by atoms with Crippen LogP contribution in [-0.4, -0.2) is 42.2 Å². The second kappa shape index (κ2) is 14.1. The molecule has 0 radical (unpaired) electrons. The number of rotatable bonds is 16. The molecule has 0 aliphatic carbocycles. The highest BCUT2D eigenvalue weighted by atomic mass is 16.5. The van der Waals surface area contributed by atoms with Crippen molar-refractivity contribution in [1.82, 2.24) is 0 Å². The molecule has 0 heterocycles. The molecule has 2 N–H and O–H groups in total. The van der Waals surface area contributed by atoms with Crippen molar-refractivity contribution in [3.63, 3.8) is 0 Å². The number of ether oxygens (including phenoxy) is 1. The highest BCUT2D eigenvalue weighted by Crippen LogP contribution is 2.24. The normalized spacial score (nSPS) is 12.0. The quantitative estimate of drug-likeness (QED) is 0.336. The third kappa shape index (κ3) is 11.1. The van der Waals surface area contributed by atoms with E-state index in [-0.39, 0.29) is 26.1 Å². The Morgan fingerprint density at radius 3 is 2.05 bits per heavy atom. The minimum absolute atomic E-state index is 0.0951. The van der Waals surface area contributed by atoms with Crippen LogP contribution in [0.15, 0.2) is 5.18 Å². The van der Waals surface area contributed by atoms with Crippen LogP contribution < -0.4 is 0 Å². The van der Waals surface area contributed by atoms with Gasteiger partial charge in [0.2, 0.25) is 0 Å². The number of nitrogens with zero attached hydrogens (tertiary/aromatic N) is 1. The number of aliphatic hydroxyl groups excluding tert-OH is 2. The molecule has 0 aromatic carbocycles. The summed E-state index contributed by atoms with van der Waals surface area (Å²) >= 11 is 0. The molecule has 132 valence electrons. The predicted molar refractivity (Wildman–Crippen MR) is 89.9 cm³/mol. The maximum atomic E-state index is 11.0. The van der Waals surface area contributed by atoms with Crippen LogP contribution in [0.4, 0.5) is 0 Å². The van der Waals surface area contributed by atoms with Crippen molar-refractivity contribution in [2.45, 2.75) is 77.2 Å². The zero-order valence-electron chi connectivity index (χ0n) is 14.4. The first-order valence-corrected chi connectivity index (χ1v) is 8.74. The standard InChI is InChI=1S/C17H35NO4/c1-16(2)8-6-4-3-5-7-14-22-15-11-17(18-21,9-12-19)10-13-20/h16,19-20H,3-15H2,1-2H3. The molecule has 5 nitrogen and oxygen atoms in total. The van der Waals surface area contributed by atoms with Gasteiger partial charge in [-0.05, 0) is 31.6 Å². The predicted octanol–water partition coefficient (Wildman–Crippen LogP) is 3.66. The van der Waals surface area contributed by atoms with E-state index in [0.717, 1.165) is 12.3 Å².